The van der Waals surface area contributed by atoms with Crippen LogP contribution in [0.3, 0.4) is 0 Å². The van der Waals surface area contributed by atoms with Gasteiger partial charge in [0.25, 0.3) is 6.02 Å². The van der Waals surface area contributed by atoms with Gasteiger partial charge in [0.15, 0.2) is 5.54 Å². The highest BCUT2D eigenvalue weighted by Crippen LogP contribution is 2.52. The number of hydrogen-bond donors (Lipinski definition) is 1. The van der Waals surface area contributed by atoms with Crippen molar-refractivity contribution in [3.05, 3.63) is 59.9 Å². The van der Waals surface area contributed by atoms with Crippen LogP contribution >= 0.6 is 0 Å². The maximum Gasteiger partial charge on any atom is 0.316 e. The summed E-state index contributed by atoms with van der Waals surface area (Å²) >= 11 is 0. The molecule has 0 saturated heterocycles. The molecule has 1 spiro atoms. The molecule has 1 atom stereocenters. The summed E-state index contributed by atoms with van der Waals surface area (Å²) in [6.07, 6.45) is 3.44. The maximum atomic E-state index is 6.25. The molecule has 0 aliphatic carbocycles. The molecule has 2 aromatic carbocycles. The number of hydrogen-bond acceptors (Lipinski definition) is 8. The van der Waals surface area contributed by atoms with Gasteiger partial charge in [-0.25, -0.2) is 15.0 Å². The van der Waals surface area contributed by atoms with Crippen LogP contribution < -0.4 is 19.9 Å². The minimum absolute atomic E-state index is 0.0328. The highest BCUT2D eigenvalue weighted by Gasteiger charge is 2.47. The van der Waals surface area contributed by atoms with Gasteiger partial charge in [0.2, 0.25) is 0 Å². The highest BCUT2D eigenvalue weighted by molar-refractivity contribution is 5.78. The summed E-state index contributed by atoms with van der Waals surface area (Å²) < 4.78 is 23.1. The molecule has 33 heavy (non-hydrogen) atoms. The summed E-state index contributed by atoms with van der Waals surface area (Å²) in [5, 5.41) is 0. The number of ether oxygens (including phenoxy) is 4. The lowest BCUT2D eigenvalue weighted by molar-refractivity contribution is 0.197. The lowest BCUT2D eigenvalue weighted by Gasteiger charge is -2.34. The van der Waals surface area contributed by atoms with Gasteiger partial charge in [0, 0.05) is 29.1 Å². The summed E-state index contributed by atoms with van der Waals surface area (Å²) in [5.41, 5.74) is 8.68. The summed E-state index contributed by atoms with van der Waals surface area (Å²) in [7, 11) is 1.54. The lowest BCUT2D eigenvalue weighted by atomic mass is 9.80. The topological polar surface area (TPSA) is 101 Å². The van der Waals surface area contributed by atoms with E-state index in [9.17, 15) is 0 Å². The summed E-state index contributed by atoms with van der Waals surface area (Å²) in [5.74, 6) is 2.15. The third-order valence-electron chi connectivity index (χ3n) is 5.59. The molecular weight excluding hydrogens is 420 g/mol. The fourth-order valence-corrected chi connectivity index (χ4v) is 3.97. The predicted octanol–water partition coefficient (Wildman–Crippen LogP) is 4.27. The van der Waals surface area contributed by atoms with Crippen LogP contribution in [0, 0.1) is 5.41 Å². The Morgan fingerprint density at radius 3 is 2.33 bits per heavy atom. The number of nitrogens with two attached hydrogens (primary N) is 1. The smallest absolute Gasteiger partial charge is 0.316 e. The molecule has 8 nitrogen and oxygen atoms in total. The molecule has 0 unspecified atom stereocenters. The van der Waals surface area contributed by atoms with Gasteiger partial charge in [-0.15, -0.1) is 0 Å². The van der Waals surface area contributed by atoms with Gasteiger partial charge in [-0.3, -0.25) is 0 Å². The molecule has 3 aromatic rings. The fourth-order valence-electron chi connectivity index (χ4n) is 3.97. The second-order valence-corrected chi connectivity index (χ2v) is 9.38. The fraction of sp³-hybridized carbons (Fsp3) is 0.320. The zero-order chi connectivity index (χ0) is 23.2. The van der Waals surface area contributed by atoms with Crippen LogP contribution in [-0.2, 0) is 10.3 Å². The van der Waals surface area contributed by atoms with Crippen molar-refractivity contribution >= 4 is 6.02 Å². The average Bonchev–Trinajstić information content (AvgIpc) is 3.20. The van der Waals surface area contributed by atoms with Gasteiger partial charge in [-0.1, -0.05) is 26.8 Å². The lowest BCUT2D eigenvalue weighted by Crippen LogP contribution is -2.31. The first-order chi connectivity index (χ1) is 15.8. The van der Waals surface area contributed by atoms with E-state index in [2.05, 4.69) is 30.7 Å². The van der Waals surface area contributed by atoms with Crippen LogP contribution in [0.1, 0.15) is 31.9 Å². The molecule has 1 aromatic heterocycles. The summed E-state index contributed by atoms with van der Waals surface area (Å²) in [4.78, 5) is 13.2. The molecule has 2 N–H and O–H groups in total. The molecular formula is C25H26N4O4. The van der Waals surface area contributed by atoms with E-state index in [1.807, 2.05) is 36.4 Å². The Labute approximate surface area is 192 Å². The SMILES string of the molecule is COc1ncc(-c2ccc3c(c2)[C@@]2(COC(N)=N2)c2cc(OCC(C)(C)C)ccc2O3)cn1. The molecule has 0 radical (unpaired) electrons. The average molecular weight is 447 g/mol. The van der Waals surface area contributed by atoms with E-state index in [0.717, 1.165) is 28.0 Å². The molecule has 0 fully saturated rings. The van der Waals surface area contributed by atoms with Crippen molar-refractivity contribution in [1.29, 1.82) is 0 Å². The van der Waals surface area contributed by atoms with Crippen LogP contribution in [-0.4, -0.2) is 36.3 Å². The van der Waals surface area contributed by atoms with E-state index in [4.69, 9.17) is 29.7 Å². The number of benzene rings is 2. The zero-order valence-corrected chi connectivity index (χ0v) is 19.1. The second-order valence-electron chi connectivity index (χ2n) is 9.38. The van der Waals surface area contributed by atoms with E-state index < -0.39 is 5.54 Å². The second kappa shape index (κ2) is 7.65. The third-order valence-corrected chi connectivity index (χ3v) is 5.59. The third kappa shape index (κ3) is 3.82. The van der Waals surface area contributed by atoms with Crippen molar-refractivity contribution in [2.24, 2.45) is 16.1 Å². The van der Waals surface area contributed by atoms with Crippen molar-refractivity contribution < 1.29 is 18.9 Å². The van der Waals surface area contributed by atoms with E-state index in [0.29, 0.717) is 24.1 Å². The molecule has 2 aliphatic heterocycles. The highest BCUT2D eigenvalue weighted by atomic mass is 16.5. The Morgan fingerprint density at radius 1 is 1.00 bits per heavy atom. The number of nitrogens with zero attached hydrogens (tertiary/aromatic N) is 3. The van der Waals surface area contributed by atoms with E-state index in [1.165, 1.54) is 7.11 Å². The summed E-state index contributed by atoms with van der Waals surface area (Å²) in [6, 6.07) is 12.2. The van der Waals surface area contributed by atoms with Crippen molar-refractivity contribution in [2.75, 3.05) is 20.3 Å². The standard InChI is InChI=1S/C25H26N4O4/c1-24(2,3)13-31-17-6-8-21-19(10-17)25(14-32-22(26)29-25)18-9-15(5-7-20(18)33-21)16-11-27-23(30-4)28-12-16/h5-12H,13-14H2,1-4H3,(H2,26,29)/t25-/m0/s1. The summed E-state index contributed by atoms with van der Waals surface area (Å²) in [6.45, 7) is 7.25. The van der Waals surface area contributed by atoms with E-state index in [-0.39, 0.29) is 18.0 Å². The van der Waals surface area contributed by atoms with Gasteiger partial charge < -0.3 is 24.7 Å². The van der Waals surface area contributed by atoms with Crippen molar-refractivity contribution in [2.45, 2.75) is 26.3 Å². The number of aromatic nitrogens is 2. The van der Waals surface area contributed by atoms with Gasteiger partial charge >= 0.3 is 6.01 Å². The molecule has 3 heterocycles. The number of aliphatic imine (C=N–C) groups is 1. The first-order valence-corrected chi connectivity index (χ1v) is 10.7. The Kier molecular flexibility index (Phi) is 4.88. The minimum Gasteiger partial charge on any atom is -0.493 e. The van der Waals surface area contributed by atoms with Crippen molar-refractivity contribution in [3.8, 4) is 34.4 Å². The minimum atomic E-state index is -0.836. The molecule has 8 heteroatoms. The van der Waals surface area contributed by atoms with Gasteiger partial charge in [0.05, 0.1) is 13.7 Å². The Hall–Kier alpha value is -3.81. The first-order valence-electron chi connectivity index (χ1n) is 10.7. The largest absolute Gasteiger partial charge is 0.493 e. The molecule has 170 valence electrons. The van der Waals surface area contributed by atoms with Crippen LogP contribution in [0.4, 0.5) is 0 Å². The number of methoxy groups -OCH3 is 1. The van der Waals surface area contributed by atoms with E-state index in [1.54, 1.807) is 12.4 Å². The van der Waals surface area contributed by atoms with Crippen LogP contribution in [0.25, 0.3) is 11.1 Å². The van der Waals surface area contributed by atoms with Crippen LogP contribution in [0.2, 0.25) is 0 Å². The van der Waals surface area contributed by atoms with Crippen LogP contribution in [0.5, 0.6) is 23.3 Å². The molecule has 0 amide bonds. The van der Waals surface area contributed by atoms with Crippen molar-refractivity contribution in [3.63, 3.8) is 0 Å². The molecule has 5 rings (SSSR count). The molecule has 0 bridgehead atoms. The quantitative estimate of drug-likeness (QED) is 0.639. The zero-order valence-electron chi connectivity index (χ0n) is 19.1. The Balaban J connectivity index is 1.60. The van der Waals surface area contributed by atoms with E-state index >= 15 is 0 Å². The predicted molar refractivity (Wildman–Crippen MR) is 124 cm³/mol. The molecule has 2 aliphatic rings. The van der Waals surface area contributed by atoms with Gasteiger partial charge in [-0.05, 0) is 41.3 Å². The first kappa shape index (κ1) is 21.1. The van der Waals surface area contributed by atoms with Crippen LogP contribution in [0.15, 0.2) is 53.8 Å². The number of amidine groups is 1. The monoisotopic (exact) mass is 446 g/mol. The number of fused-ring (bicyclic) bond motifs is 4. The van der Waals surface area contributed by atoms with Gasteiger partial charge in [-0.2, -0.15) is 0 Å². The Morgan fingerprint density at radius 2 is 1.70 bits per heavy atom. The van der Waals surface area contributed by atoms with Crippen molar-refractivity contribution in [1.82, 2.24) is 9.97 Å². The number of rotatable bonds is 4. The maximum absolute atomic E-state index is 6.25. The normalized spacial score (nSPS) is 18.6. The molecule has 0 saturated carbocycles. The Bertz CT molecular complexity index is 1230. The van der Waals surface area contributed by atoms with Gasteiger partial charge in [0.1, 0.15) is 23.9 Å².